The summed E-state index contributed by atoms with van der Waals surface area (Å²) in [6, 6.07) is 13.4. The highest BCUT2D eigenvalue weighted by atomic mass is 79.9. The number of nitrogens with one attached hydrogen (secondary N) is 1. The molecule has 1 N–H and O–H groups in total. The first kappa shape index (κ1) is 20.5. The number of hydrogen-bond acceptors (Lipinski definition) is 2. The average Bonchev–Trinajstić information content (AvgIpc) is 2.71. The third-order valence-electron chi connectivity index (χ3n) is 7.97. The Bertz CT molecular complexity index is 878. The predicted octanol–water partition coefficient (Wildman–Crippen LogP) is 6.86. The maximum atomic E-state index is 14.0. The van der Waals surface area contributed by atoms with E-state index in [9.17, 15) is 4.39 Å². The molecular formula is C26H31BrFNO. The Morgan fingerprint density at radius 1 is 1.03 bits per heavy atom. The van der Waals surface area contributed by atoms with Crippen molar-refractivity contribution >= 4 is 15.9 Å². The molecule has 30 heavy (non-hydrogen) atoms. The van der Waals surface area contributed by atoms with Crippen LogP contribution < -0.4 is 10.1 Å². The second-order valence-corrected chi connectivity index (χ2v) is 10.9. The van der Waals surface area contributed by atoms with Crippen LogP contribution in [0, 0.1) is 29.0 Å². The average molecular weight is 472 g/mol. The van der Waals surface area contributed by atoms with Gasteiger partial charge in [0.1, 0.15) is 18.2 Å². The molecule has 4 aliphatic carbocycles. The fourth-order valence-corrected chi connectivity index (χ4v) is 7.19. The van der Waals surface area contributed by atoms with E-state index in [1.807, 2.05) is 18.2 Å². The van der Waals surface area contributed by atoms with Gasteiger partial charge in [-0.05, 0) is 92.9 Å². The van der Waals surface area contributed by atoms with Crippen LogP contribution in [0.4, 0.5) is 4.39 Å². The number of ether oxygens (including phenoxy) is 1. The smallest absolute Gasteiger partial charge is 0.129 e. The van der Waals surface area contributed by atoms with Gasteiger partial charge >= 0.3 is 0 Å². The van der Waals surface area contributed by atoms with Gasteiger partial charge in [0, 0.05) is 28.2 Å². The van der Waals surface area contributed by atoms with Crippen molar-refractivity contribution in [2.45, 2.75) is 64.6 Å². The Labute approximate surface area is 187 Å². The highest BCUT2D eigenvalue weighted by molar-refractivity contribution is 9.10. The molecule has 0 radical (unpaired) electrons. The SMILES string of the molecule is C[C@H](NCc1cc(Br)ccc1OCc1ccccc1F)C12CC3CC(CC(C3)C1)C2. The largest absolute Gasteiger partial charge is 0.488 e. The molecule has 160 valence electrons. The summed E-state index contributed by atoms with van der Waals surface area (Å²) in [7, 11) is 0. The van der Waals surface area contributed by atoms with Crippen molar-refractivity contribution in [2.75, 3.05) is 0 Å². The first-order valence-electron chi connectivity index (χ1n) is 11.4. The molecule has 4 fully saturated rings. The van der Waals surface area contributed by atoms with Crippen molar-refractivity contribution in [1.82, 2.24) is 5.32 Å². The predicted molar refractivity (Wildman–Crippen MR) is 122 cm³/mol. The van der Waals surface area contributed by atoms with Crippen molar-refractivity contribution in [3.05, 3.63) is 63.9 Å². The molecule has 6 rings (SSSR count). The van der Waals surface area contributed by atoms with Crippen LogP contribution in [-0.2, 0) is 13.2 Å². The summed E-state index contributed by atoms with van der Waals surface area (Å²) in [5.41, 5.74) is 2.19. The summed E-state index contributed by atoms with van der Waals surface area (Å²) in [5.74, 6) is 3.50. The third-order valence-corrected chi connectivity index (χ3v) is 8.46. The van der Waals surface area contributed by atoms with Crippen LogP contribution in [0.5, 0.6) is 5.75 Å². The van der Waals surface area contributed by atoms with Gasteiger partial charge in [0.15, 0.2) is 0 Å². The van der Waals surface area contributed by atoms with Crippen molar-refractivity contribution in [2.24, 2.45) is 23.2 Å². The van der Waals surface area contributed by atoms with Crippen molar-refractivity contribution in [3.63, 3.8) is 0 Å². The fourth-order valence-electron chi connectivity index (χ4n) is 6.79. The first-order chi connectivity index (χ1) is 14.5. The maximum Gasteiger partial charge on any atom is 0.129 e. The van der Waals surface area contributed by atoms with Gasteiger partial charge in [-0.1, -0.05) is 34.1 Å². The van der Waals surface area contributed by atoms with Gasteiger partial charge in [-0.3, -0.25) is 0 Å². The second-order valence-electron chi connectivity index (χ2n) is 10.0. The molecule has 2 aromatic carbocycles. The summed E-state index contributed by atoms with van der Waals surface area (Å²) < 4.78 is 21.1. The van der Waals surface area contributed by atoms with Crippen molar-refractivity contribution < 1.29 is 9.13 Å². The highest BCUT2D eigenvalue weighted by Crippen LogP contribution is 2.61. The van der Waals surface area contributed by atoms with E-state index >= 15 is 0 Å². The quantitative estimate of drug-likeness (QED) is 0.475. The third kappa shape index (κ3) is 4.05. The molecule has 0 saturated heterocycles. The Kier molecular flexibility index (Phi) is 5.66. The Balaban J connectivity index is 1.27. The molecule has 0 heterocycles. The molecule has 4 aliphatic rings. The van der Waals surface area contributed by atoms with Gasteiger partial charge in [0.2, 0.25) is 0 Å². The molecule has 0 aromatic heterocycles. The minimum atomic E-state index is -0.218. The normalized spacial score (nSPS) is 30.4. The van der Waals surface area contributed by atoms with E-state index in [0.717, 1.165) is 40.1 Å². The van der Waals surface area contributed by atoms with Gasteiger partial charge in [0.25, 0.3) is 0 Å². The lowest BCUT2D eigenvalue weighted by Crippen LogP contribution is -2.54. The molecule has 0 unspecified atom stereocenters. The minimum Gasteiger partial charge on any atom is -0.488 e. The monoisotopic (exact) mass is 471 g/mol. The van der Waals surface area contributed by atoms with Crippen LogP contribution in [0.25, 0.3) is 0 Å². The zero-order chi connectivity index (χ0) is 20.7. The van der Waals surface area contributed by atoms with Gasteiger partial charge < -0.3 is 10.1 Å². The molecule has 4 heteroatoms. The lowest BCUT2D eigenvalue weighted by molar-refractivity contribution is -0.0706. The number of halogens is 2. The zero-order valence-electron chi connectivity index (χ0n) is 17.7. The van der Waals surface area contributed by atoms with E-state index in [2.05, 4.69) is 34.2 Å². The van der Waals surface area contributed by atoms with E-state index in [4.69, 9.17) is 4.74 Å². The summed E-state index contributed by atoms with van der Waals surface area (Å²) in [5, 5.41) is 3.86. The molecule has 0 amide bonds. The zero-order valence-corrected chi connectivity index (χ0v) is 19.3. The lowest BCUT2D eigenvalue weighted by Gasteiger charge is -2.59. The van der Waals surface area contributed by atoms with E-state index in [-0.39, 0.29) is 12.4 Å². The topological polar surface area (TPSA) is 21.3 Å². The number of benzene rings is 2. The Morgan fingerprint density at radius 2 is 1.70 bits per heavy atom. The molecule has 4 saturated carbocycles. The van der Waals surface area contributed by atoms with Crippen molar-refractivity contribution in [1.29, 1.82) is 0 Å². The number of rotatable bonds is 7. The van der Waals surface area contributed by atoms with Crippen LogP contribution in [-0.4, -0.2) is 6.04 Å². The van der Waals surface area contributed by atoms with E-state index < -0.39 is 0 Å². The standard InChI is InChI=1S/C26H31BrFNO/c1-17(26-12-18-8-19(13-26)10-20(9-18)14-26)29-15-22-11-23(27)6-7-25(22)30-16-21-4-2-3-5-24(21)28/h2-7,11,17-20,29H,8-10,12-16H2,1H3/t17-,18?,19?,20?,26?/m0/s1. The molecule has 2 nitrogen and oxygen atoms in total. The number of hydrogen-bond donors (Lipinski definition) is 1. The van der Waals surface area contributed by atoms with Crippen molar-refractivity contribution in [3.8, 4) is 5.75 Å². The summed E-state index contributed by atoms with van der Waals surface area (Å²) in [4.78, 5) is 0. The molecule has 0 aliphatic heterocycles. The van der Waals surface area contributed by atoms with Gasteiger partial charge in [-0.2, -0.15) is 0 Å². The molecule has 1 atom stereocenters. The van der Waals surface area contributed by atoms with Crippen LogP contribution in [0.3, 0.4) is 0 Å². The second kappa shape index (κ2) is 8.27. The van der Waals surface area contributed by atoms with Crippen LogP contribution in [0.1, 0.15) is 56.6 Å². The van der Waals surface area contributed by atoms with Gasteiger partial charge in [-0.15, -0.1) is 0 Å². The lowest BCUT2D eigenvalue weighted by atomic mass is 9.48. The van der Waals surface area contributed by atoms with E-state index in [1.54, 1.807) is 12.1 Å². The highest BCUT2D eigenvalue weighted by Gasteiger charge is 2.52. The minimum absolute atomic E-state index is 0.218. The molecule has 4 bridgehead atoms. The summed E-state index contributed by atoms with van der Waals surface area (Å²) in [6.45, 7) is 3.41. The summed E-state index contributed by atoms with van der Waals surface area (Å²) >= 11 is 3.60. The maximum absolute atomic E-state index is 14.0. The molecule has 0 spiro atoms. The van der Waals surface area contributed by atoms with Gasteiger partial charge in [0.05, 0.1) is 0 Å². The fraction of sp³-hybridized carbons (Fsp3) is 0.538. The van der Waals surface area contributed by atoms with E-state index in [1.165, 1.54) is 44.6 Å². The first-order valence-corrected chi connectivity index (χ1v) is 12.2. The molecule has 2 aromatic rings. The van der Waals surface area contributed by atoms with Gasteiger partial charge in [-0.25, -0.2) is 4.39 Å². The van der Waals surface area contributed by atoms with Crippen LogP contribution in [0.2, 0.25) is 0 Å². The summed E-state index contributed by atoms with van der Waals surface area (Å²) in [6.07, 6.45) is 8.65. The Hall–Kier alpha value is -1.39. The Morgan fingerprint density at radius 3 is 2.37 bits per heavy atom. The molecular weight excluding hydrogens is 441 g/mol. The van der Waals surface area contributed by atoms with Crippen LogP contribution >= 0.6 is 15.9 Å². The van der Waals surface area contributed by atoms with E-state index in [0.29, 0.717) is 17.0 Å². The van der Waals surface area contributed by atoms with Crippen LogP contribution in [0.15, 0.2) is 46.9 Å².